The van der Waals surface area contributed by atoms with Crippen molar-refractivity contribution in [1.29, 1.82) is 0 Å². The first-order chi connectivity index (χ1) is 12.5. The average Bonchev–Trinajstić information content (AvgIpc) is 3.12. The van der Waals surface area contributed by atoms with Gasteiger partial charge in [0.25, 0.3) is 0 Å². The molecule has 1 unspecified atom stereocenters. The summed E-state index contributed by atoms with van der Waals surface area (Å²) in [6.45, 7) is 0.200. The van der Waals surface area contributed by atoms with E-state index in [1.54, 1.807) is 17.1 Å². The van der Waals surface area contributed by atoms with Crippen LogP contribution >= 0.6 is 0 Å². The fourth-order valence-corrected chi connectivity index (χ4v) is 2.61. The molecule has 0 radical (unpaired) electrons. The van der Waals surface area contributed by atoms with Gasteiger partial charge in [-0.3, -0.25) is 4.79 Å². The second kappa shape index (κ2) is 7.88. The fraction of sp³-hybridized carbons (Fsp3) is 0.158. The largest absolute Gasteiger partial charge is 0.481 e. The number of rotatable bonds is 7. The van der Waals surface area contributed by atoms with Gasteiger partial charge < -0.3 is 10.4 Å². The molecule has 134 valence electrons. The average molecular weight is 357 g/mol. The van der Waals surface area contributed by atoms with Crippen molar-refractivity contribution in [3.05, 3.63) is 83.7 Å². The van der Waals surface area contributed by atoms with Crippen LogP contribution in [0, 0.1) is 11.6 Å². The van der Waals surface area contributed by atoms with E-state index >= 15 is 0 Å². The molecule has 0 fully saturated rings. The summed E-state index contributed by atoms with van der Waals surface area (Å²) >= 11 is 0. The first kappa shape index (κ1) is 17.8. The Bertz CT molecular complexity index is 897. The van der Waals surface area contributed by atoms with Crippen molar-refractivity contribution in [2.45, 2.75) is 19.0 Å². The highest BCUT2D eigenvalue weighted by molar-refractivity contribution is 5.67. The van der Waals surface area contributed by atoms with Crippen molar-refractivity contribution < 1.29 is 18.7 Å². The second-order valence-corrected chi connectivity index (χ2v) is 5.83. The van der Waals surface area contributed by atoms with Gasteiger partial charge >= 0.3 is 5.97 Å². The monoisotopic (exact) mass is 357 g/mol. The molecule has 3 aromatic rings. The van der Waals surface area contributed by atoms with Crippen molar-refractivity contribution in [1.82, 2.24) is 15.1 Å². The van der Waals surface area contributed by atoms with Crippen LogP contribution in [0.1, 0.15) is 23.6 Å². The first-order valence-electron chi connectivity index (χ1n) is 8.02. The molecule has 7 heteroatoms. The van der Waals surface area contributed by atoms with Crippen LogP contribution < -0.4 is 5.32 Å². The lowest BCUT2D eigenvalue weighted by Crippen LogP contribution is -2.23. The van der Waals surface area contributed by atoms with Crippen molar-refractivity contribution in [2.24, 2.45) is 0 Å². The second-order valence-electron chi connectivity index (χ2n) is 5.83. The van der Waals surface area contributed by atoms with Crippen LogP contribution in [0.3, 0.4) is 0 Å². The van der Waals surface area contributed by atoms with Gasteiger partial charge in [0.15, 0.2) is 11.6 Å². The summed E-state index contributed by atoms with van der Waals surface area (Å²) in [4.78, 5) is 11.2. The van der Waals surface area contributed by atoms with Gasteiger partial charge in [0.05, 0.1) is 18.3 Å². The number of nitrogens with zero attached hydrogens (tertiary/aromatic N) is 2. The Balaban J connectivity index is 1.76. The van der Waals surface area contributed by atoms with Crippen LogP contribution in [0.2, 0.25) is 0 Å². The molecule has 3 rings (SSSR count). The van der Waals surface area contributed by atoms with Crippen LogP contribution in [0.25, 0.3) is 5.69 Å². The molecule has 2 N–H and O–H groups in total. The molecule has 0 amide bonds. The molecule has 0 saturated carbocycles. The number of benzene rings is 2. The molecular formula is C19H17F2N3O2. The van der Waals surface area contributed by atoms with Gasteiger partial charge in [-0.15, -0.1) is 0 Å². The number of halogens is 2. The topological polar surface area (TPSA) is 67.2 Å². The highest BCUT2D eigenvalue weighted by Crippen LogP contribution is 2.19. The number of carboxylic acid groups (broad SMARTS) is 1. The maximum atomic E-state index is 13.3. The number of aliphatic carboxylic acids is 1. The van der Waals surface area contributed by atoms with E-state index in [0.717, 1.165) is 17.8 Å². The van der Waals surface area contributed by atoms with Crippen molar-refractivity contribution >= 4 is 5.97 Å². The molecule has 0 aliphatic carbocycles. The molecule has 1 atom stereocenters. The summed E-state index contributed by atoms with van der Waals surface area (Å²) < 4.78 is 28.0. The molecule has 1 aromatic heterocycles. The number of para-hydroxylation sites is 1. The lowest BCUT2D eigenvalue weighted by Gasteiger charge is -2.15. The molecule has 0 spiro atoms. The van der Waals surface area contributed by atoms with Crippen LogP contribution in [-0.2, 0) is 11.3 Å². The van der Waals surface area contributed by atoms with E-state index < -0.39 is 23.6 Å². The summed E-state index contributed by atoms with van der Waals surface area (Å²) in [6, 6.07) is 12.5. The number of nitrogens with one attached hydrogen (secondary N) is 1. The number of carbonyl (C=O) groups is 1. The Labute approximate surface area is 148 Å². The molecule has 2 aromatic carbocycles. The molecule has 26 heavy (non-hydrogen) atoms. The summed E-state index contributed by atoms with van der Waals surface area (Å²) in [5.74, 6) is -2.82. The van der Waals surface area contributed by atoms with Crippen LogP contribution in [-0.4, -0.2) is 20.9 Å². The van der Waals surface area contributed by atoms with E-state index in [9.17, 15) is 13.6 Å². The molecule has 0 aliphatic rings. The summed E-state index contributed by atoms with van der Waals surface area (Å²) in [5, 5.41) is 16.5. The fourth-order valence-electron chi connectivity index (χ4n) is 2.61. The zero-order chi connectivity index (χ0) is 18.5. The SMILES string of the molecule is O=C(O)CC(NCc1ccc(F)c(F)c1)c1cnn(-c2ccccc2)c1. The Morgan fingerprint density at radius 2 is 1.92 bits per heavy atom. The van der Waals surface area contributed by atoms with E-state index in [4.69, 9.17) is 5.11 Å². The molecular weight excluding hydrogens is 340 g/mol. The number of aromatic nitrogens is 2. The third kappa shape index (κ3) is 4.31. The smallest absolute Gasteiger partial charge is 0.305 e. The van der Waals surface area contributed by atoms with E-state index in [-0.39, 0.29) is 13.0 Å². The lowest BCUT2D eigenvalue weighted by molar-refractivity contribution is -0.137. The van der Waals surface area contributed by atoms with Crippen LogP contribution in [0.4, 0.5) is 8.78 Å². The lowest BCUT2D eigenvalue weighted by atomic mass is 10.1. The van der Waals surface area contributed by atoms with Crippen molar-refractivity contribution in [3.63, 3.8) is 0 Å². The van der Waals surface area contributed by atoms with Gasteiger partial charge in [0.2, 0.25) is 0 Å². The predicted octanol–water partition coefficient (Wildman–Crippen LogP) is 3.46. The van der Waals surface area contributed by atoms with Crippen LogP contribution in [0.5, 0.6) is 0 Å². The predicted molar refractivity (Wildman–Crippen MR) is 91.8 cm³/mol. The van der Waals surface area contributed by atoms with Gasteiger partial charge in [0, 0.05) is 24.3 Å². The van der Waals surface area contributed by atoms with Gasteiger partial charge in [-0.25, -0.2) is 13.5 Å². The minimum atomic E-state index is -0.972. The maximum absolute atomic E-state index is 13.3. The first-order valence-corrected chi connectivity index (χ1v) is 8.02. The van der Waals surface area contributed by atoms with Crippen molar-refractivity contribution in [3.8, 4) is 5.69 Å². The number of hydrogen-bond donors (Lipinski definition) is 2. The molecule has 0 saturated heterocycles. The van der Waals surface area contributed by atoms with E-state index in [1.807, 2.05) is 30.3 Å². The quantitative estimate of drug-likeness (QED) is 0.680. The zero-order valence-electron chi connectivity index (χ0n) is 13.8. The standard InChI is InChI=1S/C19H17F2N3O2/c20-16-7-6-13(8-17(16)21)10-22-18(9-19(25)26)14-11-23-24(12-14)15-4-2-1-3-5-15/h1-8,11-12,18,22H,9-10H2,(H,25,26). The highest BCUT2D eigenvalue weighted by atomic mass is 19.2. The van der Waals surface area contributed by atoms with Gasteiger partial charge in [-0.2, -0.15) is 5.10 Å². The Morgan fingerprint density at radius 1 is 1.15 bits per heavy atom. The summed E-state index contributed by atoms with van der Waals surface area (Å²) in [5.41, 5.74) is 2.07. The molecule has 5 nitrogen and oxygen atoms in total. The minimum Gasteiger partial charge on any atom is -0.481 e. The van der Waals surface area contributed by atoms with Crippen molar-refractivity contribution in [2.75, 3.05) is 0 Å². The number of hydrogen-bond acceptors (Lipinski definition) is 3. The molecule has 1 heterocycles. The molecule has 0 bridgehead atoms. The third-order valence-corrected chi connectivity index (χ3v) is 3.94. The zero-order valence-corrected chi connectivity index (χ0v) is 13.8. The Hall–Kier alpha value is -3.06. The van der Waals surface area contributed by atoms with Gasteiger partial charge in [-0.1, -0.05) is 24.3 Å². The summed E-state index contributed by atoms with van der Waals surface area (Å²) in [6.07, 6.45) is 3.18. The van der Waals surface area contributed by atoms with E-state index in [1.165, 1.54) is 6.07 Å². The Kier molecular flexibility index (Phi) is 5.38. The van der Waals surface area contributed by atoms with E-state index in [2.05, 4.69) is 10.4 Å². The minimum absolute atomic E-state index is 0.163. The highest BCUT2D eigenvalue weighted by Gasteiger charge is 2.17. The number of carboxylic acids is 1. The third-order valence-electron chi connectivity index (χ3n) is 3.94. The van der Waals surface area contributed by atoms with Gasteiger partial charge in [0.1, 0.15) is 0 Å². The molecule has 0 aliphatic heterocycles. The maximum Gasteiger partial charge on any atom is 0.305 e. The normalized spacial score (nSPS) is 12.1. The van der Waals surface area contributed by atoms with Gasteiger partial charge in [-0.05, 0) is 29.8 Å². The van der Waals surface area contributed by atoms with Crippen LogP contribution in [0.15, 0.2) is 60.9 Å². The summed E-state index contributed by atoms with van der Waals surface area (Å²) in [7, 11) is 0. The Morgan fingerprint density at radius 3 is 2.62 bits per heavy atom. The van der Waals surface area contributed by atoms with E-state index in [0.29, 0.717) is 11.1 Å².